The Morgan fingerprint density at radius 2 is 1.85 bits per heavy atom. The van der Waals surface area contributed by atoms with E-state index >= 15 is 0 Å². The average Bonchev–Trinajstić information content (AvgIpc) is 3.51. The number of hydrogen-bond donors (Lipinski definition) is 1. The molecule has 0 aliphatic carbocycles. The third-order valence-corrected chi connectivity index (χ3v) is 7.36. The number of aliphatic hydroxyl groups is 1. The second kappa shape index (κ2) is 9.95. The monoisotopic (exact) mass is 479 g/mol. The van der Waals surface area contributed by atoms with E-state index in [1.54, 1.807) is 19.1 Å². The van der Waals surface area contributed by atoms with Gasteiger partial charge in [0.2, 0.25) is 5.78 Å². The molecule has 0 spiro atoms. The summed E-state index contributed by atoms with van der Waals surface area (Å²) in [4.78, 5) is 35.6. The van der Waals surface area contributed by atoms with Crippen molar-refractivity contribution >= 4 is 23.0 Å². The molecule has 0 saturated carbocycles. The van der Waals surface area contributed by atoms with Crippen LogP contribution in [0.3, 0.4) is 0 Å². The molecule has 1 N–H and O–H groups in total. The largest absolute Gasteiger partial charge is 0.503 e. The zero-order valence-electron chi connectivity index (χ0n) is 19.9. The van der Waals surface area contributed by atoms with Gasteiger partial charge < -0.3 is 19.3 Å². The zero-order valence-corrected chi connectivity index (χ0v) is 20.7. The number of carbonyl (C=O) groups is 2. The number of aliphatic hydroxyl groups excluding tert-OH is 1. The zero-order chi connectivity index (χ0) is 24.4. The number of Topliss-reactive ketones (excluding diaryl/α,β-unsaturated/α-hetero) is 1. The van der Waals surface area contributed by atoms with Crippen LogP contribution >= 0.6 is 11.3 Å². The Hall–Kier alpha value is -3.23. The summed E-state index contributed by atoms with van der Waals surface area (Å²) in [5.41, 5.74) is 1.53. The Morgan fingerprint density at radius 3 is 2.47 bits per heavy atom. The van der Waals surface area contributed by atoms with E-state index in [1.807, 2.05) is 37.3 Å². The molecule has 1 aromatic carbocycles. The molecule has 7 nitrogen and oxygen atoms in total. The van der Waals surface area contributed by atoms with Gasteiger partial charge in [-0.3, -0.25) is 9.59 Å². The maximum Gasteiger partial charge on any atom is 0.290 e. The quantitative estimate of drug-likeness (QED) is 0.438. The minimum Gasteiger partial charge on any atom is -0.503 e. The highest BCUT2D eigenvalue weighted by Gasteiger charge is 2.46. The summed E-state index contributed by atoms with van der Waals surface area (Å²) in [7, 11) is 0. The Labute approximate surface area is 203 Å². The Kier molecular flexibility index (Phi) is 7.00. The number of thiazole rings is 1. The number of carbonyl (C=O) groups excluding carboxylic acids is 2. The lowest BCUT2D eigenvalue weighted by atomic mass is 9.99. The fourth-order valence-corrected chi connectivity index (χ4v) is 5.26. The predicted octanol–water partition coefficient (Wildman–Crippen LogP) is 4.94. The van der Waals surface area contributed by atoms with E-state index in [0.29, 0.717) is 35.2 Å². The van der Waals surface area contributed by atoms with Gasteiger partial charge in [0, 0.05) is 18.7 Å². The van der Waals surface area contributed by atoms with Crippen molar-refractivity contribution in [3.05, 3.63) is 75.9 Å². The third kappa shape index (κ3) is 4.43. The van der Waals surface area contributed by atoms with Gasteiger partial charge in [0.1, 0.15) is 22.6 Å². The van der Waals surface area contributed by atoms with Gasteiger partial charge in [-0.15, -0.1) is 11.3 Å². The summed E-state index contributed by atoms with van der Waals surface area (Å²) in [6, 6.07) is 12.4. The topological polar surface area (TPSA) is 86.9 Å². The van der Waals surface area contributed by atoms with E-state index in [4.69, 9.17) is 4.42 Å². The molecule has 3 aromatic rings. The fraction of sp³-hybridized carbons (Fsp3) is 0.346. The lowest BCUT2D eigenvalue weighted by Gasteiger charge is -2.27. The van der Waals surface area contributed by atoms with Gasteiger partial charge in [0.05, 0.1) is 16.1 Å². The Morgan fingerprint density at radius 1 is 1.15 bits per heavy atom. The van der Waals surface area contributed by atoms with Crippen LogP contribution in [0.15, 0.2) is 58.2 Å². The molecule has 2 aromatic heterocycles. The molecule has 0 fully saturated rings. The highest BCUT2D eigenvalue weighted by Crippen LogP contribution is 2.41. The lowest BCUT2D eigenvalue weighted by Crippen LogP contribution is -2.38. The maximum absolute atomic E-state index is 13.8. The number of furan rings is 1. The van der Waals surface area contributed by atoms with Crippen LogP contribution in [0.5, 0.6) is 0 Å². The first-order valence-electron chi connectivity index (χ1n) is 11.5. The summed E-state index contributed by atoms with van der Waals surface area (Å²) in [5.74, 6) is -0.335. The first-order chi connectivity index (χ1) is 16.3. The number of aryl methyl sites for hydroxylation is 2. The number of likely N-dealkylation sites (N-methyl/N-ethyl adjacent to an activating group) is 1. The van der Waals surface area contributed by atoms with E-state index in [0.717, 1.165) is 23.7 Å². The number of rotatable bonds is 9. The molecular formula is C26H29N3O4S. The average molecular weight is 480 g/mol. The van der Waals surface area contributed by atoms with Crippen molar-refractivity contribution in [3.63, 3.8) is 0 Å². The van der Waals surface area contributed by atoms with Gasteiger partial charge in [-0.2, -0.15) is 0 Å². The van der Waals surface area contributed by atoms with E-state index in [2.05, 4.69) is 23.7 Å². The van der Waals surface area contributed by atoms with Gasteiger partial charge in [-0.25, -0.2) is 4.98 Å². The molecule has 8 heteroatoms. The molecule has 1 aliphatic rings. The van der Waals surface area contributed by atoms with Crippen molar-refractivity contribution in [1.82, 2.24) is 14.8 Å². The van der Waals surface area contributed by atoms with E-state index < -0.39 is 23.5 Å². The SMILES string of the molecule is CCN(CC)CCN1C(=O)C(O)=C(C(=O)c2sc(-c3ccccc3)nc2C)C1c1ccc(C)o1. The minimum absolute atomic E-state index is 0.0465. The molecular weight excluding hydrogens is 450 g/mol. The molecule has 1 aliphatic heterocycles. The van der Waals surface area contributed by atoms with Crippen LogP contribution in [0.1, 0.15) is 46.8 Å². The standard InChI is InChI=1S/C26H29N3O4S/c1-5-28(6-2)14-15-29-21(19-13-12-16(3)33-19)20(23(31)26(29)32)22(30)24-17(4)27-25(34-24)18-10-8-7-9-11-18/h7-13,21,31H,5-6,14-15H2,1-4H3. The van der Waals surface area contributed by atoms with Crippen molar-refractivity contribution in [2.75, 3.05) is 26.2 Å². The van der Waals surface area contributed by atoms with Crippen molar-refractivity contribution in [3.8, 4) is 10.6 Å². The van der Waals surface area contributed by atoms with Crippen LogP contribution in [0.25, 0.3) is 10.6 Å². The van der Waals surface area contributed by atoms with Gasteiger partial charge in [0.15, 0.2) is 5.76 Å². The third-order valence-electron chi connectivity index (χ3n) is 6.15. The fourth-order valence-electron chi connectivity index (χ4n) is 4.24. The van der Waals surface area contributed by atoms with Gasteiger partial charge >= 0.3 is 0 Å². The molecule has 1 amide bonds. The van der Waals surface area contributed by atoms with Crippen LogP contribution in [0.2, 0.25) is 0 Å². The van der Waals surface area contributed by atoms with E-state index in [9.17, 15) is 14.7 Å². The Balaban J connectivity index is 1.72. The number of amides is 1. The molecule has 4 rings (SSSR count). The summed E-state index contributed by atoms with van der Waals surface area (Å²) in [6.07, 6.45) is 0. The van der Waals surface area contributed by atoms with Crippen LogP contribution in [0, 0.1) is 13.8 Å². The molecule has 1 unspecified atom stereocenters. The molecule has 0 radical (unpaired) electrons. The molecule has 34 heavy (non-hydrogen) atoms. The number of ketones is 1. The van der Waals surface area contributed by atoms with Crippen LogP contribution in [-0.4, -0.2) is 57.8 Å². The second-order valence-corrected chi connectivity index (χ2v) is 9.27. The molecule has 3 heterocycles. The highest BCUT2D eigenvalue weighted by atomic mass is 32.1. The second-order valence-electron chi connectivity index (χ2n) is 8.27. The molecule has 0 saturated heterocycles. The number of hydrogen-bond acceptors (Lipinski definition) is 7. The molecule has 0 bridgehead atoms. The van der Waals surface area contributed by atoms with E-state index in [1.165, 1.54) is 16.2 Å². The first-order valence-corrected chi connectivity index (χ1v) is 12.3. The van der Waals surface area contributed by atoms with Crippen molar-refractivity contribution < 1.29 is 19.1 Å². The van der Waals surface area contributed by atoms with Gasteiger partial charge in [0.25, 0.3) is 5.91 Å². The maximum atomic E-state index is 13.8. The van der Waals surface area contributed by atoms with Crippen LogP contribution in [0.4, 0.5) is 0 Å². The van der Waals surface area contributed by atoms with Crippen molar-refractivity contribution in [2.24, 2.45) is 0 Å². The van der Waals surface area contributed by atoms with Crippen molar-refractivity contribution in [2.45, 2.75) is 33.7 Å². The summed E-state index contributed by atoms with van der Waals surface area (Å²) < 4.78 is 5.86. The molecule has 1 atom stereocenters. The van der Waals surface area contributed by atoms with Gasteiger partial charge in [-0.05, 0) is 39.1 Å². The van der Waals surface area contributed by atoms with E-state index in [-0.39, 0.29) is 5.57 Å². The number of nitrogens with zero attached hydrogens (tertiary/aromatic N) is 3. The summed E-state index contributed by atoms with van der Waals surface area (Å²) in [6.45, 7) is 10.4. The lowest BCUT2D eigenvalue weighted by molar-refractivity contribution is -0.129. The van der Waals surface area contributed by atoms with Crippen LogP contribution in [-0.2, 0) is 4.79 Å². The Bertz CT molecular complexity index is 1220. The van der Waals surface area contributed by atoms with Gasteiger partial charge in [-0.1, -0.05) is 44.2 Å². The number of benzene rings is 1. The summed E-state index contributed by atoms with van der Waals surface area (Å²) >= 11 is 1.27. The number of aromatic nitrogens is 1. The summed E-state index contributed by atoms with van der Waals surface area (Å²) in [5, 5.41) is 11.6. The highest BCUT2D eigenvalue weighted by molar-refractivity contribution is 7.17. The normalized spacial score (nSPS) is 16.2. The molecule has 178 valence electrons. The first kappa shape index (κ1) is 23.9. The smallest absolute Gasteiger partial charge is 0.290 e. The van der Waals surface area contributed by atoms with Crippen LogP contribution < -0.4 is 0 Å². The van der Waals surface area contributed by atoms with Crippen molar-refractivity contribution in [1.29, 1.82) is 0 Å². The predicted molar refractivity (Wildman–Crippen MR) is 132 cm³/mol. The minimum atomic E-state index is -0.786.